The standard InChI is InChI=1S/C14H19F3N2O2S/c1-9-7-11(14(15,16)17)3-4-13(9)22(20,21)19-6-5-12(18)10(2)8-19/h3-4,7,10,12H,5-6,8,18H2,1-2H3. The lowest BCUT2D eigenvalue weighted by molar-refractivity contribution is -0.137. The Morgan fingerprint density at radius 3 is 2.45 bits per heavy atom. The smallest absolute Gasteiger partial charge is 0.327 e. The molecule has 2 unspecified atom stereocenters. The van der Waals surface area contributed by atoms with Crippen molar-refractivity contribution >= 4 is 10.0 Å². The van der Waals surface area contributed by atoms with Crippen molar-refractivity contribution in [3.63, 3.8) is 0 Å². The molecular weight excluding hydrogens is 317 g/mol. The maximum absolute atomic E-state index is 12.7. The van der Waals surface area contributed by atoms with Gasteiger partial charge >= 0.3 is 6.18 Å². The van der Waals surface area contributed by atoms with Gasteiger partial charge < -0.3 is 5.73 Å². The second-order valence-corrected chi connectivity index (χ2v) is 7.68. The molecule has 0 saturated carbocycles. The molecule has 1 heterocycles. The molecule has 1 saturated heterocycles. The van der Waals surface area contributed by atoms with Gasteiger partial charge in [0.2, 0.25) is 10.0 Å². The highest BCUT2D eigenvalue weighted by atomic mass is 32.2. The van der Waals surface area contributed by atoms with Gasteiger partial charge in [0, 0.05) is 19.1 Å². The zero-order valence-electron chi connectivity index (χ0n) is 12.4. The van der Waals surface area contributed by atoms with Crippen LogP contribution in [0.4, 0.5) is 13.2 Å². The number of aryl methyl sites for hydroxylation is 1. The Balaban J connectivity index is 2.34. The zero-order valence-corrected chi connectivity index (χ0v) is 13.2. The van der Waals surface area contributed by atoms with E-state index in [1.807, 2.05) is 6.92 Å². The molecule has 2 atom stereocenters. The number of halogens is 3. The van der Waals surface area contributed by atoms with E-state index in [0.717, 1.165) is 18.2 Å². The first-order valence-corrected chi connectivity index (χ1v) is 8.41. The molecule has 1 aromatic carbocycles. The number of rotatable bonds is 2. The third-order valence-electron chi connectivity index (χ3n) is 4.05. The van der Waals surface area contributed by atoms with Gasteiger partial charge in [-0.1, -0.05) is 6.92 Å². The molecule has 1 aromatic rings. The maximum Gasteiger partial charge on any atom is 0.416 e. The molecule has 1 fully saturated rings. The van der Waals surface area contributed by atoms with Crippen LogP contribution >= 0.6 is 0 Å². The molecule has 124 valence electrons. The summed E-state index contributed by atoms with van der Waals surface area (Å²) in [5.74, 6) is 0.0123. The summed E-state index contributed by atoms with van der Waals surface area (Å²) >= 11 is 0. The molecule has 0 spiro atoms. The third kappa shape index (κ3) is 3.28. The van der Waals surface area contributed by atoms with E-state index in [-0.39, 0.29) is 35.5 Å². The molecule has 1 aliphatic heterocycles. The molecular formula is C14H19F3N2O2S. The average molecular weight is 336 g/mol. The van der Waals surface area contributed by atoms with E-state index in [1.165, 1.54) is 11.2 Å². The van der Waals surface area contributed by atoms with Gasteiger partial charge in [-0.05, 0) is 43.0 Å². The fourth-order valence-corrected chi connectivity index (χ4v) is 4.36. The Hall–Kier alpha value is -1.12. The second-order valence-electron chi connectivity index (χ2n) is 5.77. The van der Waals surface area contributed by atoms with Crippen molar-refractivity contribution < 1.29 is 21.6 Å². The Bertz CT molecular complexity index is 659. The SMILES string of the molecule is Cc1cc(C(F)(F)F)ccc1S(=O)(=O)N1CCC(N)C(C)C1. The molecule has 4 nitrogen and oxygen atoms in total. The lowest BCUT2D eigenvalue weighted by Gasteiger charge is -2.34. The van der Waals surface area contributed by atoms with Crippen LogP contribution in [-0.2, 0) is 16.2 Å². The Morgan fingerprint density at radius 1 is 1.32 bits per heavy atom. The number of hydrogen-bond acceptors (Lipinski definition) is 3. The molecule has 2 rings (SSSR count). The highest BCUT2D eigenvalue weighted by molar-refractivity contribution is 7.89. The van der Waals surface area contributed by atoms with Gasteiger partial charge in [-0.25, -0.2) is 8.42 Å². The summed E-state index contributed by atoms with van der Waals surface area (Å²) in [5.41, 5.74) is 5.12. The summed E-state index contributed by atoms with van der Waals surface area (Å²) in [5, 5.41) is 0. The van der Waals surface area contributed by atoms with Gasteiger partial charge in [-0.15, -0.1) is 0 Å². The van der Waals surface area contributed by atoms with Crippen LogP contribution in [0.2, 0.25) is 0 Å². The van der Waals surface area contributed by atoms with Crippen LogP contribution in [0.15, 0.2) is 23.1 Å². The molecule has 22 heavy (non-hydrogen) atoms. The molecule has 1 aliphatic rings. The van der Waals surface area contributed by atoms with Crippen molar-refractivity contribution in [3.8, 4) is 0 Å². The Labute approximate surface area is 128 Å². The van der Waals surface area contributed by atoms with Gasteiger partial charge in [0.25, 0.3) is 0 Å². The van der Waals surface area contributed by atoms with Crippen LogP contribution in [0.5, 0.6) is 0 Å². The van der Waals surface area contributed by atoms with Gasteiger partial charge in [0.15, 0.2) is 0 Å². The summed E-state index contributed by atoms with van der Waals surface area (Å²) in [6.07, 6.45) is -3.94. The number of hydrogen-bond donors (Lipinski definition) is 1. The number of sulfonamides is 1. The van der Waals surface area contributed by atoms with E-state index in [4.69, 9.17) is 5.73 Å². The molecule has 0 amide bonds. The molecule has 0 aliphatic carbocycles. The highest BCUT2D eigenvalue weighted by Crippen LogP contribution is 2.32. The van der Waals surface area contributed by atoms with Crippen molar-refractivity contribution in [2.24, 2.45) is 11.7 Å². The number of benzene rings is 1. The first-order valence-electron chi connectivity index (χ1n) is 6.97. The van der Waals surface area contributed by atoms with Crippen LogP contribution in [0.1, 0.15) is 24.5 Å². The lowest BCUT2D eigenvalue weighted by Crippen LogP contribution is -2.48. The minimum atomic E-state index is -4.49. The first-order chi connectivity index (χ1) is 10.0. The number of nitrogens with zero attached hydrogens (tertiary/aromatic N) is 1. The topological polar surface area (TPSA) is 63.4 Å². The monoisotopic (exact) mass is 336 g/mol. The molecule has 0 radical (unpaired) electrons. The van der Waals surface area contributed by atoms with E-state index < -0.39 is 21.8 Å². The van der Waals surface area contributed by atoms with Crippen LogP contribution in [-0.4, -0.2) is 31.9 Å². The van der Waals surface area contributed by atoms with Crippen molar-refractivity contribution in [2.75, 3.05) is 13.1 Å². The fraction of sp³-hybridized carbons (Fsp3) is 0.571. The Kier molecular flexibility index (Phi) is 4.56. The lowest BCUT2D eigenvalue weighted by atomic mass is 9.96. The minimum absolute atomic E-state index is 0.0123. The molecule has 0 aromatic heterocycles. The predicted molar refractivity (Wildman–Crippen MR) is 76.7 cm³/mol. The van der Waals surface area contributed by atoms with E-state index in [1.54, 1.807) is 0 Å². The summed E-state index contributed by atoms with van der Waals surface area (Å²) in [6.45, 7) is 3.81. The quantitative estimate of drug-likeness (QED) is 0.902. The van der Waals surface area contributed by atoms with Crippen molar-refractivity contribution in [1.29, 1.82) is 0 Å². The predicted octanol–water partition coefficient (Wildman–Crippen LogP) is 2.37. The third-order valence-corrected chi connectivity index (χ3v) is 6.08. The number of alkyl halides is 3. The van der Waals surface area contributed by atoms with Gasteiger partial charge in [0.05, 0.1) is 10.5 Å². The van der Waals surface area contributed by atoms with E-state index in [2.05, 4.69) is 0 Å². The summed E-state index contributed by atoms with van der Waals surface area (Å²) in [4.78, 5) is -0.0804. The Morgan fingerprint density at radius 2 is 1.95 bits per heavy atom. The maximum atomic E-state index is 12.7. The van der Waals surface area contributed by atoms with E-state index in [0.29, 0.717) is 6.42 Å². The van der Waals surface area contributed by atoms with E-state index >= 15 is 0 Å². The second kappa shape index (κ2) is 5.82. The normalized spacial score (nSPS) is 24.5. The van der Waals surface area contributed by atoms with Gasteiger partial charge in [0.1, 0.15) is 0 Å². The highest BCUT2D eigenvalue weighted by Gasteiger charge is 2.35. The fourth-order valence-electron chi connectivity index (χ4n) is 2.60. The largest absolute Gasteiger partial charge is 0.416 e. The van der Waals surface area contributed by atoms with Crippen molar-refractivity contribution in [2.45, 2.75) is 37.4 Å². The van der Waals surface area contributed by atoms with Crippen LogP contribution in [0.3, 0.4) is 0 Å². The van der Waals surface area contributed by atoms with Crippen LogP contribution < -0.4 is 5.73 Å². The molecule has 0 bridgehead atoms. The summed E-state index contributed by atoms with van der Waals surface area (Å²) < 4.78 is 64.6. The zero-order chi connectivity index (χ0) is 16.7. The molecule has 8 heteroatoms. The number of nitrogens with two attached hydrogens (primary N) is 1. The molecule has 2 N–H and O–H groups in total. The summed E-state index contributed by atoms with van der Waals surface area (Å²) in [6, 6.07) is 2.65. The number of piperidine rings is 1. The van der Waals surface area contributed by atoms with Crippen LogP contribution in [0, 0.1) is 12.8 Å². The van der Waals surface area contributed by atoms with Gasteiger partial charge in [-0.3, -0.25) is 0 Å². The summed E-state index contributed by atoms with van der Waals surface area (Å²) in [7, 11) is -3.80. The van der Waals surface area contributed by atoms with Crippen molar-refractivity contribution in [3.05, 3.63) is 29.3 Å². The minimum Gasteiger partial charge on any atom is -0.327 e. The van der Waals surface area contributed by atoms with E-state index in [9.17, 15) is 21.6 Å². The average Bonchev–Trinajstić information content (AvgIpc) is 2.40. The van der Waals surface area contributed by atoms with Crippen molar-refractivity contribution in [1.82, 2.24) is 4.31 Å². The first kappa shape index (κ1) is 17.2. The van der Waals surface area contributed by atoms with Gasteiger partial charge in [-0.2, -0.15) is 17.5 Å². The van der Waals surface area contributed by atoms with Crippen LogP contribution in [0.25, 0.3) is 0 Å².